The number of hydrogen-bond donors (Lipinski definition) is 0. The number of rotatable bonds is 1. The van der Waals surface area contributed by atoms with E-state index in [-0.39, 0.29) is 2.33 Å². The van der Waals surface area contributed by atoms with Crippen LogP contribution < -0.4 is 0 Å². The van der Waals surface area contributed by atoms with Crippen molar-refractivity contribution in [2.24, 2.45) is 0 Å². The van der Waals surface area contributed by atoms with Gasteiger partial charge in [-0.3, -0.25) is 0 Å². The molecule has 0 aliphatic carbocycles. The summed E-state index contributed by atoms with van der Waals surface area (Å²) in [7, 11) is 0. The fourth-order valence-corrected chi connectivity index (χ4v) is 2.12. The van der Waals surface area contributed by atoms with Gasteiger partial charge in [0.2, 0.25) is 0 Å². The van der Waals surface area contributed by atoms with Crippen LogP contribution >= 0.6 is 38.5 Å². The summed E-state index contributed by atoms with van der Waals surface area (Å²) >= 11 is 6.01. The molecule has 1 atom stereocenters. The maximum Gasteiger partial charge on any atom is 0.0992 e. The van der Waals surface area contributed by atoms with E-state index < -0.39 is 0 Å². The second-order valence-electron chi connectivity index (χ2n) is 2.70. The van der Waals surface area contributed by atoms with Gasteiger partial charge in [0, 0.05) is 0 Å². The quantitative estimate of drug-likeness (QED) is 0.541. The molecule has 1 unspecified atom stereocenters. The van der Waals surface area contributed by atoms with Crippen molar-refractivity contribution in [3.8, 4) is 0 Å². The summed E-state index contributed by atoms with van der Waals surface area (Å²) in [6, 6.07) is 8.42. The van der Waals surface area contributed by atoms with Crippen LogP contribution in [0.2, 0.25) is 0 Å². The molecule has 2 heteroatoms. The smallest absolute Gasteiger partial charge is 0.0687 e. The van der Waals surface area contributed by atoms with Crippen LogP contribution in [-0.4, -0.2) is 0 Å². The lowest BCUT2D eigenvalue weighted by atomic mass is 10.1. The molecule has 1 aromatic rings. The van der Waals surface area contributed by atoms with Gasteiger partial charge >= 0.3 is 0 Å². The molecule has 0 aromatic heterocycles. The Bertz CT molecular complexity index is 250. The molecule has 1 aromatic carbocycles. The number of benzene rings is 1. The van der Waals surface area contributed by atoms with Gasteiger partial charge in [0.25, 0.3) is 0 Å². The Morgan fingerprint density at radius 2 is 1.91 bits per heavy atom. The van der Waals surface area contributed by atoms with E-state index in [0.717, 1.165) is 0 Å². The van der Waals surface area contributed by atoms with Crippen LogP contribution in [0, 0.1) is 6.92 Å². The molecule has 0 aliphatic heterocycles. The lowest BCUT2D eigenvalue weighted by molar-refractivity contribution is 1.06. The summed E-state index contributed by atoms with van der Waals surface area (Å²) in [5.41, 5.74) is 2.68. The van der Waals surface area contributed by atoms with Gasteiger partial charge in [0.05, 0.1) is 2.33 Å². The molecule has 0 fully saturated rings. The van der Waals surface area contributed by atoms with E-state index in [9.17, 15) is 0 Å². The van der Waals surface area contributed by atoms with Crippen LogP contribution in [0.3, 0.4) is 0 Å². The molecule has 60 valence electrons. The molecular weight excluding hydrogens is 315 g/mol. The highest BCUT2D eigenvalue weighted by atomic mass is 127. The Hall–Kier alpha value is 0.430. The lowest BCUT2D eigenvalue weighted by Gasteiger charge is -2.16. The molecule has 0 saturated carbocycles. The first-order valence-corrected chi connectivity index (χ1v) is 5.33. The number of hydrogen-bond acceptors (Lipinski definition) is 0. The zero-order valence-electron chi connectivity index (χ0n) is 6.57. The van der Waals surface area contributed by atoms with E-state index >= 15 is 0 Å². The standard InChI is InChI=1S/C9H10BrI/c1-7-5-3-4-6-8(7)9(2,10)11/h3-6H,1-2H3. The van der Waals surface area contributed by atoms with Crippen LogP contribution in [0.25, 0.3) is 0 Å². The van der Waals surface area contributed by atoms with Crippen molar-refractivity contribution in [1.29, 1.82) is 0 Å². The van der Waals surface area contributed by atoms with E-state index in [1.165, 1.54) is 11.1 Å². The molecule has 0 saturated heterocycles. The SMILES string of the molecule is Cc1ccccc1C(C)(Br)I. The Balaban J connectivity index is 3.14. The molecule has 0 spiro atoms. The van der Waals surface area contributed by atoms with Crippen molar-refractivity contribution < 1.29 is 0 Å². The highest BCUT2D eigenvalue weighted by Crippen LogP contribution is 2.39. The Labute approximate surface area is 89.7 Å². The molecule has 0 aliphatic rings. The predicted molar refractivity (Wildman–Crippen MR) is 61.5 cm³/mol. The van der Waals surface area contributed by atoms with Crippen molar-refractivity contribution in [2.45, 2.75) is 16.2 Å². The van der Waals surface area contributed by atoms with E-state index in [1.807, 2.05) is 0 Å². The van der Waals surface area contributed by atoms with Crippen LogP contribution in [-0.2, 0) is 2.33 Å². The summed E-state index contributed by atoms with van der Waals surface area (Å²) < 4.78 is 0.0656. The number of alkyl halides is 2. The van der Waals surface area contributed by atoms with Gasteiger partial charge in [0.15, 0.2) is 0 Å². The molecule has 0 radical (unpaired) electrons. The third kappa shape index (κ3) is 2.44. The maximum absolute atomic E-state index is 3.62. The molecular formula is C9H10BrI. The Kier molecular flexibility index (Phi) is 2.97. The van der Waals surface area contributed by atoms with E-state index in [2.05, 4.69) is 76.6 Å². The number of aryl methyl sites for hydroxylation is 1. The fraction of sp³-hybridized carbons (Fsp3) is 0.333. The first kappa shape index (κ1) is 9.52. The third-order valence-corrected chi connectivity index (χ3v) is 2.63. The van der Waals surface area contributed by atoms with Crippen molar-refractivity contribution >= 4 is 38.5 Å². The molecule has 0 nitrogen and oxygen atoms in total. The highest BCUT2D eigenvalue weighted by molar-refractivity contribution is 14.1. The molecule has 1 rings (SSSR count). The molecule has 0 N–H and O–H groups in total. The van der Waals surface area contributed by atoms with Crippen molar-refractivity contribution in [1.82, 2.24) is 0 Å². The largest absolute Gasteiger partial charge is 0.0992 e. The van der Waals surface area contributed by atoms with Gasteiger partial charge in [-0.25, -0.2) is 0 Å². The average molecular weight is 325 g/mol. The Morgan fingerprint density at radius 3 is 2.27 bits per heavy atom. The average Bonchev–Trinajstić information content (AvgIpc) is 1.86. The van der Waals surface area contributed by atoms with Crippen LogP contribution in [0.5, 0.6) is 0 Å². The molecule has 0 bridgehead atoms. The summed E-state index contributed by atoms with van der Waals surface area (Å²) in [5, 5.41) is 0. The minimum absolute atomic E-state index is 0.0656. The minimum atomic E-state index is 0.0656. The monoisotopic (exact) mass is 324 g/mol. The lowest BCUT2D eigenvalue weighted by Crippen LogP contribution is -2.03. The summed E-state index contributed by atoms with van der Waals surface area (Å²) in [6.07, 6.45) is 0. The van der Waals surface area contributed by atoms with Crippen molar-refractivity contribution in [3.63, 3.8) is 0 Å². The van der Waals surface area contributed by atoms with E-state index in [1.54, 1.807) is 0 Å². The second kappa shape index (κ2) is 3.44. The maximum atomic E-state index is 3.62. The van der Waals surface area contributed by atoms with Gasteiger partial charge in [-0.2, -0.15) is 0 Å². The van der Waals surface area contributed by atoms with Gasteiger partial charge in [-0.05, 0) is 25.0 Å². The van der Waals surface area contributed by atoms with Crippen molar-refractivity contribution in [2.75, 3.05) is 0 Å². The van der Waals surface area contributed by atoms with Crippen LogP contribution in [0.1, 0.15) is 18.1 Å². The summed E-state index contributed by atoms with van der Waals surface area (Å²) in [6.45, 7) is 4.28. The normalized spacial score (nSPS) is 16.0. The van der Waals surface area contributed by atoms with Gasteiger partial charge in [-0.1, -0.05) is 62.8 Å². The number of halogens is 2. The third-order valence-electron chi connectivity index (χ3n) is 1.62. The van der Waals surface area contributed by atoms with E-state index in [4.69, 9.17) is 0 Å². The Morgan fingerprint density at radius 1 is 1.36 bits per heavy atom. The minimum Gasteiger partial charge on any atom is -0.0687 e. The topological polar surface area (TPSA) is 0 Å². The highest BCUT2D eigenvalue weighted by Gasteiger charge is 2.19. The first-order chi connectivity index (χ1) is 5.02. The molecule has 11 heavy (non-hydrogen) atoms. The first-order valence-electron chi connectivity index (χ1n) is 3.46. The zero-order chi connectivity index (χ0) is 8.48. The summed E-state index contributed by atoms with van der Waals surface area (Å²) in [4.78, 5) is 0. The van der Waals surface area contributed by atoms with Crippen molar-refractivity contribution in [3.05, 3.63) is 35.4 Å². The van der Waals surface area contributed by atoms with Gasteiger partial charge < -0.3 is 0 Å². The zero-order valence-corrected chi connectivity index (χ0v) is 10.3. The second-order valence-corrected chi connectivity index (χ2v) is 7.93. The predicted octanol–water partition coefficient (Wildman–Crippen LogP) is 4.00. The van der Waals surface area contributed by atoms with Gasteiger partial charge in [-0.15, -0.1) is 0 Å². The summed E-state index contributed by atoms with van der Waals surface area (Å²) in [5.74, 6) is 0. The fourth-order valence-electron chi connectivity index (χ4n) is 1.07. The van der Waals surface area contributed by atoms with Crippen LogP contribution in [0.15, 0.2) is 24.3 Å². The van der Waals surface area contributed by atoms with E-state index in [0.29, 0.717) is 0 Å². The molecule has 0 amide bonds. The van der Waals surface area contributed by atoms with Crippen LogP contribution in [0.4, 0.5) is 0 Å². The molecule has 0 heterocycles. The van der Waals surface area contributed by atoms with Gasteiger partial charge in [0.1, 0.15) is 0 Å².